The maximum atomic E-state index is 3.48. The minimum Gasteiger partial charge on any atom is -0.314 e. The van der Waals surface area contributed by atoms with Gasteiger partial charge in [-0.1, -0.05) is 20.3 Å². The van der Waals surface area contributed by atoms with Crippen LogP contribution in [0, 0.1) is 5.92 Å². The van der Waals surface area contributed by atoms with Crippen LogP contribution in [0.4, 0.5) is 0 Å². The minimum atomic E-state index is 0.486. The fraction of sp³-hybridized carbons (Fsp3) is 1.00. The van der Waals surface area contributed by atoms with Gasteiger partial charge in [0.05, 0.1) is 0 Å². The lowest BCUT2D eigenvalue weighted by Crippen LogP contribution is -2.44. The molecule has 0 heterocycles. The van der Waals surface area contributed by atoms with Crippen molar-refractivity contribution in [2.75, 3.05) is 7.05 Å². The Morgan fingerprint density at radius 1 is 1.60 bits per heavy atom. The van der Waals surface area contributed by atoms with E-state index in [2.05, 4.69) is 26.2 Å². The van der Waals surface area contributed by atoms with Gasteiger partial charge >= 0.3 is 0 Å². The van der Waals surface area contributed by atoms with Gasteiger partial charge in [0.15, 0.2) is 0 Å². The van der Waals surface area contributed by atoms with E-state index in [0.29, 0.717) is 5.54 Å². The average molecular weight is 141 g/mol. The fourth-order valence-electron chi connectivity index (χ4n) is 2.32. The van der Waals surface area contributed by atoms with E-state index >= 15 is 0 Å². The van der Waals surface area contributed by atoms with E-state index in [0.717, 1.165) is 5.92 Å². The van der Waals surface area contributed by atoms with E-state index in [9.17, 15) is 0 Å². The molecular weight excluding hydrogens is 122 g/mol. The Morgan fingerprint density at radius 2 is 2.30 bits per heavy atom. The average Bonchev–Trinajstić information content (AvgIpc) is 2.32. The molecule has 0 aromatic carbocycles. The van der Waals surface area contributed by atoms with Gasteiger partial charge in [-0.15, -0.1) is 0 Å². The lowest BCUT2D eigenvalue weighted by molar-refractivity contribution is 0.268. The molecule has 0 aliphatic heterocycles. The van der Waals surface area contributed by atoms with Crippen molar-refractivity contribution in [2.45, 2.75) is 45.1 Å². The quantitative estimate of drug-likeness (QED) is 0.621. The van der Waals surface area contributed by atoms with Gasteiger partial charge in [0.25, 0.3) is 0 Å². The number of nitrogens with one attached hydrogen (secondary N) is 1. The van der Waals surface area contributed by atoms with E-state index in [1.165, 1.54) is 25.7 Å². The molecule has 0 spiro atoms. The zero-order chi connectivity index (χ0) is 7.61. The SMILES string of the molecule is CCC1(NC)CCCC1C. The fourth-order valence-corrected chi connectivity index (χ4v) is 2.32. The van der Waals surface area contributed by atoms with Crippen LogP contribution in [0.25, 0.3) is 0 Å². The molecule has 1 aliphatic rings. The van der Waals surface area contributed by atoms with Crippen LogP contribution in [0.1, 0.15) is 39.5 Å². The summed E-state index contributed by atoms with van der Waals surface area (Å²) in [5.74, 6) is 0.877. The summed E-state index contributed by atoms with van der Waals surface area (Å²) < 4.78 is 0. The van der Waals surface area contributed by atoms with E-state index in [1.54, 1.807) is 0 Å². The highest BCUT2D eigenvalue weighted by atomic mass is 15.0. The molecule has 0 bridgehead atoms. The smallest absolute Gasteiger partial charge is 0.0201 e. The lowest BCUT2D eigenvalue weighted by Gasteiger charge is -2.32. The highest BCUT2D eigenvalue weighted by Gasteiger charge is 2.36. The van der Waals surface area contributed by atoms with E-state index in [1.807, 2.05) is 0 Å². The summed E-state index contributed by atoms with van der Waals surface area (Å²) in [5, 5.41) is 3.48. The Kier molecular flexibility index (Phi) is 2.35. The van der Waals surface area contributed by atoms with E-state index < -0.39 is 0 Å². The van der Waals surface area contributed by atoms with Crippen LogP contribution >= 0.6 is 0 Å². The molecule has 0 saturated heterocycles. The third-order valence-corrected chi connectivity index (χ3v) is 3.33. The molecule has 0 radical (unpaired) electrons. The second-order valence-electron chi connectivity index (χ2n) is 3.55. The molecule has 60 valence electrons. The van der Waals surface area contributed by atoms with Gasteiger partial charge < -0.3 is 5.32 Å². The summed E-state index contributed by atoms with van der Waals surface area (Å²) >= 11 is 0. The second kappa shape index (κ2) is 2.91. The Hall–Kier alpha value is -0.0400. The standard InChI is InChI=1S/C9H19N/c1-4-9(10-3)7-5-6-8(9)2/h8,10H,4-7H2,1-3H3. The number of rotatable bonds is 2. The zero-order valence-corrected chi connectivity index (χ0v) is 7.41. The van der Waals surface area contributed by atoms with Crippen molar-refractivity contribution in [1.82, 2.24) is 5.32 Å². The summed E-state index contributed by atoms with van der Waals surface area (Å²) in [6.07, 6.45) is 5.48. The van der Waals surface area contributed by atoms with Crippen LogP contribution in [0.3, 0.4) is 0 Å². The van der Waals surface area contributed by atoms with Gasteiger partial charge in [-0.25, -0.2) is 0 Å². The van der Waals surface area contributed by atoms with Crippen LogP contribution in [0.15, 0.2) is 0 Å². The largest absolute Gasteiger partial charge is 0.314 e. The van der Waals surface area contributed by atoms with Gasteiger partial charge in [0.2, 0.25) is 0 Å². The van der Waals surface area contributed by atoms with Crippen LogP contribution in [-0.4, -0.2) is 12.6 Å². The maximum absolute atomic E-state index is 3.48. The molecule has 1 heteroatoms. The third kappa shape index (κ3) is 1.07. The predicted octanol–water partition coefficient (Wildman–Crippen LogP) is 2.17. The van der Waals surface area contributed by atoms with Crippen molar-refractivity contribution in [3.63, 3.8) is 0 Å². The van der Waals surface area contributed by atoms with Crippen molar-refractivity contribution in [2.24, 2.45) is 5.92 Å². The molecule has 1 nitrogen and oxygen atoms in total. The highest BCUT2D eigenvalue weighted by molar-refractivity contribution is 4.95. The van der Waals surface area contributed by atoms with Crippen molar-refractivity contribution in [3.8, 4) is 0 Å². The molecule has 10 heavy (non-hydrogen) atoms. The van der Waals surface area contributed by atoms with Crippen LogP contribution < -0.4 is 5.32 Å². The van der Waals surface area contributed by atoms with Crippen molar-refractivity contribution >= 4 is 0 Å². The molecule has 1 N–H and O–H groups in total. The Balaban J connectivity index is 2.61. The number of hydrogen-bond acceptors (Lipinski definition) is 1. The van der Waals surface area contributed by atoms with Gasteiger partial charge in [0, 0.05) is 5.54 Å². The van der Waals surface area contributed by atoms with E-state index in [-0.39, 0.29) is 0 Å². The first kappa shape index (κ1) is 8.06. The highest BCUT2D eigenvalue weighted by Crippen LogP contribution is 2.37. The summed E-state index contributed by atoms with van der Waals surface area (Å²) in [4.78, 5) is 0. The molecule has 2 atom stereocenters. The molecule has 1 aliphatic carbocycles. The normalized spacial score (nSPS) is 40.5. The third-order valence-electron chi connectivity index (χ3n) is 3.33. The Bertz CT molecular complexity index is 105. The first-order chi connectivity index (χ1) is 4.75. The van der Waals surface area contributed by atoms with Gasteiger partial charge in [-0.3, -0.25) is 0 Å². The molecule has 0 aromatic rings. The van der Waals surface area contributed by atoms with Crippen LogP contribution in [-0.2, 0) is 0 Å². The first-order valence-corrected chi connectivity index (χ1v) is 4.44. The minimum absolute atomic E-state index is 0.486. The van der Waals surface area contributed by atoms with Crippen LogP contribution in [0.5, 0.6) is 0 Å². The molecule has 0 aromatic heterocycles. The van der Waals surface area contributed by atoms with Crippen LogP contribution in [0.2, 0.25) is 0 Å². The Morgan fingerprint density at radius 3 is 2.50 bits per heavy atom. The molecule has 1 fully saturated rings. The van der Waals surface area contributed by atoms with Gasteiger partial charge in [-0.2, -0.15) is 0 Å². The molecule has 1 rings (SSSR count). The van der Waals surface area contributed by atoms with Crippen molar-refractivity contribution < 1.29 is 0 Å². The predicted molar refractivity (Wildman–Crippen MR) is 45.1 cm³/mol. The number of hydrogen-bond donors (Lipinski definition) is 1. The Labute approximate surface area is 64.2 Å². The summed E-state index contributed by atoms with van der Waals surface area (Å²) in [6, 6.07) is 0. The van der Waals surface area contributed by atoms with Crippen molar-refractivity contribution in [3.05, 3.63) is 0 Å². The van der Waals surface area contributed by atoms with Crippen molar-refractivity contribution in [1.29, 1.82) is 0 Å². The topological polar surface area (TPSA) is 12.0 Å². The van der Waals surface area contributed by atoms with Gasteiger partial charge in [-0.05, 0) is 32.2 Å². The zero-order valence-electron chi connectivity index (χ0n) is 7.41. The molecule has 1 saturated carbocycles. The molecular formula is C9H19N. The molecule has 0 amide bonds. The maximum Gasteiger partial charge on any atom is 0.0201 e. The van der Waals surface area contributed by atoms with Gasteiger partial charge in [0.1, 0.15) is 0 Å². The lowest BCUT2D eigenvalue weighted by atomic mass is 9.86. The summed E-state index contributed by atoms with van der Waals surface area (Å²) in [5.41, 5.74) is 0.486. The van der Waals surface area contributed by atoms with E-state index in [4.69, 9.17) is 0 Å². The monoisotopic (exact) mass is 141 g/mol. The summed E-state index contributed by atoms with van der Waals surface area (Å²) in [6.45, 7) is 4.66. The molecule has 2 unspecified atom stereocenters. The summed E-state index contributed by atoms with van der Waals surface area (Å²) in [7, 11) is 2.10. The first-order valence-electron chi connectivity index (χ1n) is 4.44. The second-order valence-corrected chi connectivity index (χ2v) is 3.55.